The highest BCUT2D eigenvalue weighted by molar-refractivity contribution is 7.90. The number of Topliss-reactive ketones (excluding diaryl/α,β-unsaturated/α-hetero) is 1. The molecule has 1 saturated heterocycles. The predicted molar refractivity (Wildman–Crippen MR) is 78.0 cm³/mol. The fourth-order valence-electron chi connectivity index (χ4n) is 2.83. The Morgan fingerprint density at radius 3 is 2.62 bits per heavy atom. The molecule has 1 aliphatic heterocycles. The molecule has 1 aliphatic carbocycles. The molecule has 2 aliphatic rings. The second-order valence-corrected chi connectivity index (χ2v) is 7.17. The number of rotatable bonds is 4. The average molecular weight is 315 g/mol. The quantitative estimate of drug-likeness (QED) is 0.759. The number of hydrogen-bond acceptors (Lipinski definition) is 5. The van der Waals surface area contributed by atoms with Crippen LogP contribution < -0.4 is 5.32 Å². The maximum atomic E-state index is 12.3. The molecule has 0 aromatic carbocycles. The van der Waals surface area contributed by atoms with E-state index < -0.39 is 16.0 Å². The SMILES string of the molecule is CC(C)C1=C(S(=O)(=O)O)C(CC2CNCO2)=CC(C)C1=O. The summed E-state index contributed by atoms with van der Waals surface area (Å²) in [5.41, 5.74) is 0.662. The van der Waals surface area contributed by atoms with E-state index in [1.807, 2.05) is 0 Å². The minimum Gasteiger partial charge on any atom is -0.361 e. The molecule has 0 amide bonds. The Morgan fingerprint density at radius 2 is 2.14 bits per heavy atom. The minimum atomic E-state index is -4.45. The lowest BCUT2D eigenvalue weighted by Gasteiger charge is -2.26. The van der Waals surface area contributed by atoms with Crippen LogP contribution >= 0.6 is 0 Å². The zero-order chi connectivity index (χ0) is 15.8. The van der Waals surface area contributed by atoms with Crippen LogP contribution in [0.3, 0.4) is 0 Å². The zero-order valence-electron chi connectivity index (χ0n) is 12.4. The second kappa shape index (κ2) is 6.00. The lowest BCUT2D eigenvalue weighted by atomic mass is 9.83. The van der Waals surface area contributed by atoms with Crippen LogP contribution in [0.1, 0.15) is 27.2 Å². The Bertz CT molecular complexity index is 597. The van der Waals surface area contributed by atoms with Crippen LogP contribution in [0.4, 0.5) is 0 Å². The maximum absolute atomic E-state index is 12.3. The third kappa shape index (κ3) is 3.42. The summed E-state index contributed by atoms with van der Waals surface area (Å²) in [5.74, 6) is -0.910. The van der Waals surface area contributed by atoms with Crippen LogP contribution in [0, 0.1) is 11.8 Å². The van der Waals surface area contributed by atoms with E-state index in [4.69, 9.17) is 4.74 Å². The van der Waals surface area contributed by atoms with Gasteiger partial charge >= 0.3 is 0 Å². The van der Waals surface area contributed by atoms with E-state index in [1.54, 1.807) is 26.8 Å². The van der Waals surface area contributed by atoms with E-state index in [2.05, 4.69) is 5.32 Å². The van der Waals surface area contributed by atoms with Crippen LogP contribution in [0.2, 0.25) is 0 Å². The first-order valence-corrected chi connectivity index (χ1v) is 8.45. The van der Waals surface area contributed by atoms with Gasteiger partial charge in [-0.1, -0.05) is 26.8 Å². The highest BCUT2D eigenvalue weighted by Gasteiger charge is 2.36. The van der Waals surface area contributed by atoms with Gasteiger partial charge in [-0.25, -0.2) is 0 Å². The highest BCUT2D eigenvalue weighted by Crippen LogP contribution is 2.36. The minimum absolute atomic E-state index is 0.151. The van der Waals surface area contributed by atoms with Crippen molar-refractivity contribution in [2.75, 3.05) is 13.3 Å². The van der Waals surface area contributed by atoms with Gasteiger partial charge in [0.1, 0.15) is 4.91 Å². The number of allylic oxidation sites excluding steroid dienone is 3. The van der Waals surface area contributed by atoms with Crippen molar-refractivity contribution in [1.82, 2.24) is 5.32 Å². The monoisotopic (exact) mass is 315 g/mol. The van der Waals surface area contributed by atoms with Crippen molar-refractivity contribution in [2.45, 2.75) is 33.3 Å². The lowest BCUT2D eigenvalue weighted by Crippen LogP contribution is -2.27. The molecule has 0 bridgehead atoms. The van der Waals surface area contributed by atoms with Crippen LogP contribution in [0.15, 0.2) is 22.1 Å². The van der Waals surface area contributed by atoms with Crippen molar-refractivity contribution in [3.63, 3.8) is 0 Å². The highest BCUT2D eigenvalue weighted by atomic mass is 32.2. The van der Waals surface area contributed by atoms with Crippen LogP contribution in [-0.4, -0.2) is 38.1 Å². The molecule has 2 rings (SSSR count). The van der Waals surface area contributed by atoms with E-state index in [9.17, 15) is 17.8 Å². The number of nitrogens with one attached hydrogen (secondary N) is 1. The molecule has 0 spiro atoms. The smallest absolute Gasteiger partial charge is 0.295 e. The molecule has 0 saturated carbocycles. The molecule has 0 aromatic rings. The third-order valence-corrected chi connectivity index (χ3v) is 4.74. The van der Waals surface area contributed by atoms with Gasteiger partial charge in [0, 0.05) is 24.5 Å². The molecule has 0 radical (unpaired) electrons. The molecule has 118 valence electrons. The van der Waals surface area contributed by atoms with Gasteiger partial charge in [0.2, 0.25) is 0 Å². The van der Waals surface area contributed by atoms with Crippen molar-refractivity contribution >= 4 is 15.9 Å². The van der Waals surface area contributed by atoms with Gasteiger partial charge in [-0.2, -0.15) is 8.42 Å². The topological polar surface area (TPSA) is 92.7 Å². The Hall–Kier alpha value is -1.02. The molecular formula is C14H21NO5S. The Kier molecular flexibility index (Phi) is 4.67. The second-order valence-electron chi connectivity index (χ2n) is 5.81. The molecule has 0 aromatic heterocycles. The fourth-order valence-corrected chi connectivity index (χ4v) is 3.92. The van der Waals surface area contributed by atoms with Crippen LogP contribution in [-0.2, 0) is 19.6 Å². The molecule has 7 heteroatoms. The van der Waals surface area contributed by atoms with E-state index in [0.29, 0.717) is 25.3 Å². The number of carbonyl (C=O) groups is 1. The molecule has 1 fully saturated rings. The molecule has 6 nitrogen and oxygen atoms in total. The summed E-state index contributed by atoms with van der Waals surface area (Å²) in [5, 5.41) is 3.03. The number of carbonyl (C=O) groups excluding carboxylic acids is 1. The molecular weight excluding hydrogens is 294 g/mol. The first-order chi connectivity index (χ1) is 9.71. The predicted octanol–water partition coefficient (Wildman–Crippen LogP) is 1.27. The maximum Gasteiger partial charge on any atom is 0.295 e. The van der Waals surface area contributed by atoms with Gasteiger partial charge in [-0.05, 0) is 11.5 Å². The first-order valence-electron chi connectivity index (χ1n) is 7.01. The Labute approximate surface area is 125 Å². The van der Waals surface area contributed by atoms with Crippen molar-refractivity contribution in [3.05, 3.63) is 22.1 Å². The summed E-state index contributed by atoms with van der Waals surface area (Å²) in [6.07, 6.45) is 1.83. The fraction of sp³-hybridized carbons (Fsp3) is 0.643. The number of hydrogen-bond donors (Lipinski definition) is 2. The normalized spacial score (nSPS) is 27.5. The van der Waals surface area contributed by atoms with E-state index in [-0.39, 0.29) is 28.3 Å². The van der Waals surface area contributed by atoms with Gasteiger partial charge in [0.15, 0.2) is 5.78 Å². The summed E-state index contributed by atoms with van der Waals surface area (Å²) in [7, 11) is -4.45. The van der Waals surface area contributed by atoms with Crippen LogP contribution in [0.5, 0.6) is 0 Å². The van der Waals surface area contributed by atoms with Gasteiger partial charge in [0.05, 0.1) is 12.8 Å². The van der Waals surface area contributed by atoms with Gasteiger partial charge in [-0.3, -0.25) is 14.7 Å². The number of ketones is 1. The average Bonchev–Trinajstić information content (AvgIpc) is 2.84. The number of ether oxygens (including phenoxy) is 1. The Balaban J connectivity index is 2.49. The zero-order valence-corrected chi connectivity index (χ0v) is 13.2. The van der Waals surface area contributed by atoms with Crippen molar-refractivity contribution < 1.29 is 22.5 Å². The van der Waals surface area contributed by atoms with Crippen LogP contribution in [0.25, 0.3) is 0 Å². The van der Waals surface area contributed by atoms with E-state index >= 15 is 0 Å². The third-order valence-electron chi connectivity index (χ3n) is 3.74. The van der Waals surface area contributed by atoms with Gasteiger partial charge in [-0.15, -0.1) is 0 Å². The summed E-state index contributed by atoms with van der Waals surface area (Å²) >= 11 is 0. The summed E-state index contributed by atoms with van der Waals surface area (Å²) in [4.78, 5) is 12.1. The van der Waals surface area contributed by atoms with E-state index in [1.165, 1.54) is 0 Å². The largest absolute Gasteiger partial charge is 0.361 e. The summed E-state index contributed by atoms with van der Waals surface area (Å²) < 4.78 is 38.6. The van der Waals surface area contributed by atoms with Crippen molar-refractivity contribution in [1.29, 1.82) is 0 Å². The molecule has 21 heavy (non-hydrogen) atoms. The molecule has 2 atom stereocenters. The molecule has 2 N–H and O–H groups in total. The van der Waals surface area contributed by atoms with Crippen molar-refractivity contribution in [3.8, 4) is 0 Å². The molecule has 1 heterocycles. The first kappa shape index (κ1) is 16.4. The van der Waals surface area contributed by atoms with Crippen molar-refractivity contribution in [2.24, 2.45) is 11.8 Å². The van der Waals surface area contributed by atoms with Gasteiger partial charge < -0.3 is 4.74 Å². The Morgan fingerprint density at radius 1 is 1.48 bits per heavy atom. The van der Waals surface area contributed by atoms with E-state index in [0.717, 1.165) is 0 Å². The molecule has 2 unspecified atom stereocenters. The summed E-state index contributed by atoms with van der Waals surface area (Å²) in [6, 6.07) is 0. The lowest BCUT2D eigenvalue weighted by molar-refractivity contribution is -0.118. The summed E-state index contributed by atoms with van der Waals surface area (Å²) in [6.45, 7) is 6.28. The standard InChI is InChI=1S/C14H21NO5S/c1-8(2)12-13(16)9(3)4-10(14(12)21(17,18)19)5-11-6-15-7-20-11/h4,8-9,11,15H,5-7H2,1-3H3,(H,17,18,19). The van der Waals surface area contributed by atoms with Gasteiger partial charge in [0.25, 0.3) is 10.1 Å².